The Morgan fingerprint density at radius 2 is 2.22 bits per heavy atom. The minimum absolute atomic E-state index is 0.206. The third kappa shape index (κ3) is 3.38. The number of thiazole rings is 1. The number of carbonyl (C=O) groups is 1. The van der Waals surface area contributed by atoms with Gasteiger partial charge < -0.3 is 0 Å². The van der Waals surface area contributed by atoms with Gasteiger partial charge in [0.05, 0.1) is 11.3 Å². The van der Waals surface area contributed by atoms with Crippen LogP contribution in [-0.4, -0.2) is 17.4 Å². The average Bonchev–Trinajstić information content (AvgIpc) is 2.95. The highest BCUT2D eigenvalue weighted by atomic mass is 79.9. The van der Waals surface area contributed by atoms with E-state index in [-0.39, 0.29) is 11.7 Å². The van der Waals surface area contributed by atoms with Crippen molar-refractivity contribution in [3.8, 4) is 0 Å². The van der Waals surface area contributed by atoms with E-state index in [0.29, 0.717) is 21.7 Å². The number of benzene rings is 1. The molecule has 1 aliphatic carbocycles. The van der Waals surface area contributed by atoms with E-state index in [1.54, 1.807) is 22.3 Å². The Bertz CT molecular complexity index is 736. The maximum absolute atomic E-state index is 13.3. The molecule has 6 heteroatoms. The normalized spacial score (nSPS) is 13.5. The minimum Gasteiger partial charge on any atom is -0.280 e. The summed E-state index contributed by atoms with van der Waals surface area (Å²) in [5.41, 5.74) is 1.53. The summed E-state index contributed by atoms with van der Waals surface area (Å²) >= 11 is 4.84. The van der Waals surface area contributed by atoms with Gasteiger partial charge in [-0.15, -0.1) is 17.9 Å². The molecule has 1 heterocycles. The number of amides is 1. The van der Waals surface area contributed by atoms with Crippen molar-refractivity contribution in [2.45, 2.75) is 25.7 Å². The van der Waals surface area contributed by atoms with E-state index >= 15 is 0 Å². The number of carbonyl (C=O) groups excluding carboxylic acids is 1. The van der Waals surface area contributed by atoms with Crippen molar-refractivity contribution in [3.63, 3.8) is 0 Å². The molecular weight excluding hydrogens is 379 g/mol. The van der Waals surface area contributed by atoms with E-state index in [1.165, 1.54) is 29.5 Å². The van der Waals surface area contributed by atoms with Gasteiger partial charge in [0, 0.05) is 15.9 Å². The first-order chi connectivity index (χ1) is 11.1. The highest BCUT2D eigenvalue weighted by Gasteiger charge is 2.24. The second-order valence-corrected chi connectivity index (χ2v) is 7.32. The molecule has 3 nitrogen and oxygen atoms in total. The van der Waals surface area contributed by atoms with Crippen molar-refractivity contribution in [2.24, 2.45) is 0 Å². The summed E-state index contributed by atoms with van der Waals surface area (Å²) in [6.45, 7) is 4.10. The van der Waals surface area contributed by atoms with Gasteiger partial charge in [0.1, 0.15) is 5.82 Å². The van der Waals surface area contributed by atoms with Crippen LogP contribution in [0.4, 0.5) is 9.52 Å². The average molecular weight is 395 g/mol. The second-order valence-electron chi connectivity index (χ2n) is 5.40. The fraction of sp³-hybridized carbons (Fsp3) is 0.294. The van der Waals surface area contributed by atoms with Crippen molar-refractivity contribution < 1.29 is 9.18 Å². The van der Waals surface area contributed by atoms with Gasteiger partial charge in [0.2, 0.25) is 0 Å². The van der Waals surface area contributed by atoms with Crippen molar-refractivity contribution in [2.75, 3.05) is 11.4 Å². The van der Waals surface area contributed by atoms with Crippen LogP contribution < -0.4 is 4.90 Å². The van der Waals surface area contributed by atoms with Gasteiger partial charge in [-0.3, -0.25) is 9.69 Å². The molecule has 0 aliphatic heterocycles. The first-order valence-corrected chi connectivity index (χ1v) is 9.07. The Kier molecular flexibility index (Phi) is 4.92. The van der Waals surface area contributed by atoms with Crippen LogP contribution in [0, 0.1) is 5.82 Å². The van der Waals surface area contributed by atoms with E-state index in [4.69, 9.17) is 0 Å². The number of halogens is 2. The fourth-order valence-electron chi connectivity index (χ4n) is 2.64. The quantitative estimate of drug-likeness (QED) is 0.700. The van der Waals surface area contributed by atoms with Crippen LogP contribution in [0.5, 0.6) is 0 Å². The Morgan fingerprint density at radius 3 is 2.91 bits per heavy atom. The van der Waals surface area contributed by atoms with Crippen LogP contribution in [0.2, 0.25) is 0 Å². The summed E-state index contributed by atoms with van der Waals surface area (Å²) < 4.78 is 13.7. The van der Waals surface area contributed by atoms with E-state index in [0.717, 1.165) is 25.0 Å². The third-order valence-electron chi connectivity index (χ3n) is 3.78. The number of hydrogen-bond acceptors (Lipinski definition) is 3. The zero-order valence-corrected chi connectivity index (χ0v) is 14.9. The molecule has 0 unspecified atom stereocenters. The van der Waals surface area contributed by atoms with E-state index < -0.39 is 0 Å². The van der Waals surface area contributed by atoms with Gasteiger partial charge in [-0.1, -0.05) is 6.08 Å². The summed E-state index contributed by atoms with van der Waals surface area (Å²) in [4.78, 5) is 20.4. The van der Waals surface area contributed by atoms with Gasteiger partial charge in [-0.05, 0) is 59.8 Å². The van der Waals surface area contributed by atoms with Crippen LogP contribution in [0.15, 0.2) is 35.3 Å². The van der Waals surface area contributed by atoms with Gasteiger partial charge in [-0.2, -0.15) is 0 Å². The predicted molar refractivity (Wildman–Crippen MR) is 94.7 cm³/mol. The molecule has 0 radical (unpaired) electrons. The molecule has 0 fully saturated rings. The summed E-state index contributed by atoms with van der Waals surface area (Å²) in [5.74, 6) is -0.587. The lowest BCUT2D eigenvalue weighted by molar-refractivity contribution is 0.0989. The molecule has 0 spiro atoms. The number of fused-ring (bicyclic) bond motifs is 1. The van der Waals surface area contributed by atoms with Gasteiger partial charge in [0.15, 0.2) is 5.13 Å². The Hall–Kier alpha value is -1.53. The van der Waals surface area contributed by atoms with Crippen LogP contribution in [0.1, 0.15) is 33.8 Å². The van der Waals surface area contributed by atoms with E-state index in [9.17, 15) is 9.18 Å². The first kappa shape index (κ1) is 16.3. The number of aromatic nitrogens is 1. The number of rotatable bonds is 4. The molecule has 23 heavy (non-hydrogen) atoms. The lowest BCUT2D eigenvalue weighted by atomic mass is 10.0. The Morgan fingerprint density at radius 1 is 1.43 bits per heavy atom. The zero-order chi connectivity index (χ0) is 16.4. The third-order valence-corrected chi connectivity index (χ3v) is 5.62. The molecule has 0 saturated carbocycles. The number of hydrogen-bond donors (Lipinski definition) is 0. The Labute approximate surface area is 147 Å². The Balaban J connectivity index is 1.96. The lowest BCUT2D eigenvalue weighted by Gasteiger charge is -2.18. The summed E-state index contributed by atoms with van der Waals surface area (Å²) in [6, 6.07) is 4.08. The van der Waals surface area contributed by atoms with Crippen LogP contribution in [0.3, 0.4) is 0 Å². The van der Waals surface area contributed by atoms with E-state index in [1.807, 2.05) is 0 Å². The number of nitrogens with zero attached hydrogens (tertiary/aromatic N) is 2. The standard InChI is InChI=1S/C17H16BrFN2OS/c1-2-9-21(16(22)12-8-7-11(19)10-13(12)18)17-20-14-5-3-4-6-15(14)23-17/h2,7-8,10H,1,3-6,9H2. The van der Waals surface area contributed by atoms with Crippen LogP contribution >= 0.6 is 27.3 Å². The molecule has 1 aromatic heterocycles. The summed E-state index contributed by atoms with van der Waals surface area (Å²) in [6.07, 6.45) is 6.00. The smallest absolute Gasteiger partial charge is 0.261 e. The van der Waals surface area contributed by atoms with Crippen LogP contribution in [0.25, 0.3) is 0 Å². The van der Waals surface area contributed by atoms with Crippen molar-refractivity contribution >= 4 is 38.3 Å². The maximum Gasteiger partial charge on any atom is 0.261 e. The molecule has 1 aliphatic rings. The zero-order valence-electron chi connectivity index (χ0n) is 12.5. The topological polar surface area (TPSA) is 33.2 Å². The van der Waals surface area contributed by atoms with Crippen molar-refractivity contribution in [1.29, 1.82) is 0 Å². The lowest BCUT2D eigenvalue weighted by Crippen LogP contribution is -2.31. The van der Waals surface area contributed by atoms with Gasteiger partial charge >= 0.3 is 0 Å². The highest BCUT2D eigenvalue weighted by Crippen LogP contribution is 2.33. The molecule has 0 bridgehead atoms. The van der Waals surface area contributed by atoms with Gasteiger partial charge in [-0.25, -0.2) is 9.37 Å². The molecule has 0 saturated heterocycles. The molecule has 0 atom stereocenters. The highest BCUT2D eigenvalue weighted by molar-refractivity contribution is 9.10. The number of aryl methyl sites for hydroxylation is 2. The minimum atomic E-state index is -0.381. The molecule has 2 aromatic rings. The summed E-state index contributed by atoms with van der Waals surface area (Å²) in [5, 5.41) is 0.693. The molecule has 120 valence electrons. The SMILES string of the molecule is C=CCN(C(=O)c1ccc(F)cc1Br)c1nc2c(s1)CCCC2. The second kappa shape index (κ2) is 6.93. The predicted octanol–water partition coefficient (Wildman–Crippen LogP) is 4.76. The maximum atomic E-state index is 13.3. The monoisotopic (exact) mass is 394 g/mol. The first-order valence-electron chi connectivity index (χ1n) is 7.46. The number of anilines is 1. The molecular formula is C17H16BrFN2OS. The molecule has 0 N–H and O–H groups in total. The summed E-state index contributed by atoms with van der Waals surface area (Å²) in [7, 11) is 0. The van der Waals surface area contributed by atoms with Crippen molar-refractivity contribution in [3.05, 3.63) is 57.3 Å². The molecule has 1 aromatic carbocycles. The molecule has 1 amide bonds. The van der Waals surface area contributed by atoms with Crippen molar-refractivity contribution in [1.82, 2.24) is 4.98 Å². The van der Waals surface area contributed by atoms with Gasteiger partial charge in [0.25, 0.3) is 5.91 Å². The van der Waals surface area contributed by atoms with Crippen LogP contribution in [-0.2, 0) is 12.8 Å². The van der Waals surface area contributed by atoms with E-state index in [2.05, 4.69) is 27.5 Å². The molecule has 3 rings (SSSR count). The largest absolute Gasteiger partial charge is 0.280 e. The fourth-order valence-corrected chi connectivity index (χ4v) is 4.32.